The van der Waals surface area contributed by atoms with Gasteiger partial charge < -0.3 is 4.74 Å². The smallest absolute Gasteiger partial charge is 0.269 e. The fourth-order valence-corrected chi connectivity index (χ4v) is 1.62. The van der Waals surface area contributed by atoms with Crippen LogP contribution in [0.5, 0.6) is 5.75 Å². The van der Waals surface area contributed by atoms with Crippen molar-refractivity contribution in [2.45, 2.75) is 6.92 Å². The summed E-state index contributed by atoms with van der Waals surface area (Å²) in [6.07, 6.45) is 0. The molecular weight excluding hydrogens is 216 g/mol. The lowest BCUT2D eigenvalue weighted by Crippen LogP contribution is -2.34. The van der Waals surface area contributed by atoms with Crippen LogP contribution in [0.25, 0.3) is 0 Å². The highest BCUT2D eigenvalue weighted by atomic mass is 35.5. The lowest BCUT2D eigenvalue weighted by Gasteiger charge is -2.11. The van der Waals surface area contributed by atoms with Crippen LogP contribution in [0.15, 0.2) is 12.1 Å². The number of carbonyl (C=O) groups excluding carboxylic acids is 1. The maximum Gasteiger partial charge on any atom is 0.269 e. The van der Waals surface area contributed by atoms with Crippen molar-refractivity contribution < 1.29 is 9.53 Å². The molecule has 15 heavy (non-hydrogen) atoms. The fraction of sp³-hybridized carbons (Fsp3) is 0.300. The second kappa shape index (κ2) is 5.00. The highest BCUT2D eigenvalue weighted by Gasteiger charge is 2.14. The van der Waals surface area contributed by atoms with Gasteiger partial charge in [-0.25, -0.2) is 5.43 Å². The summed E-state index contributed by atoms with van der Waals surface area (Å²) in [5, 5.41) is 0.509. The number of amides is 1. The van der Waals surface area contributed by atoms with Gasteiger partial charge in [-0.3, -0.25) is 10.2 Å². The predicted molar refractivity (Wildman–Crippen MR) is 59.3 cm³/mol. The van der Waals surface area contributed by atoms with Crippen LogP contribution in [-0.4, -0.2) is 20.1 Å². The van der Waals surface area contributed by atoms with Gasteiger partial charge in [-0.1, -0.05) is 11.6 Å². The SMILES string of the molecule is CNNC(=O)c1cc(Cl)cc(C)c1OC. The van der Waals surface area contributed by atoms with Crippen molar-refractivity contribution in [3.8, 4) is 5.75 Å². The minimum absolute atomic E-state index is 0.278. The van der Waals surface area contributed by atoms with Gasteiger partial charge in [0.25, 0.3) is 5.91 Å². The molecule has 0 unspecified atom stereocenters. The Labute approximate surface area is 93.5 Å². The predicted octanol–water partition coefficient (Wildman–Crippen LogP) is 1.52. The Morgan fingerprint density at radius 2 is 2.13 bits per heavy atom. The maximum absolute atomic E-state index is 11.6. The third-order valence-corrected chi connectivity index (χ3v) is 2.14. The average Bonchev–Trinajstić information content (AvgIpc) is 2.17. The third-order valence-electron chi connectivity index (χ3n) is 1.93. The number of hydrazine groups is 1. The van der Waals surface area contributed by atoms with Crippen LogP contribution in [0.1, 0.15) is 15.9 Å². The number of halogens is 1. The van der Waals surface area contributed by atoms with E-state index < -0.39 is 0 Å². The first kappa shape index (κ1) is 11.8. The van der Waals surface area contributed by atoms with Gasteiger partial charge in [0.1, 0.15) is 5.75 Å². The van der Waals surface area contributed by atoms with Crippen LogP contribution in [0, 0.1) is 6.92 Å². The van der Waals surface area contributed by atoms with E-state index in [2.05, 4.69) is 10.9 Å². The molecule has 0 aliphatic heterocycles. The molecule has 0 spiro atoms. The second-order valence-electron chi connectivity index (χ2n) is 3.01. The molecule has 0 aromatic heterocycles. The highest BCUT2D eigenvalue weighted by molar-refractivity contribution is 6.31. The molecule has 0 atom stereocenters. The summed E-state index contributed by atoms with van der Waals surface area (Å²) < 4.78 is 5.15. The number of nitrogens with one attached hydrogen (secondary N) is 2. The zero-order valence-electron chi connectivity index (χ0n) is 8.85. The summed E-state index contributed by atoms with van der Waals surface area (Å²) in [5.41, 5.74) is 6.26. The summed E-state index contributed by atoms with van der Waals surface area (Å²) in [4.78, 5) is 11.6. The van der Waals surface area contributed by atoms with E-state index in [0.29, 0.717) is 16.3 Å². The van der Waals surface area contributed by atoms with Crippen molar-refractivity contribution in [3.63, 3.8) is 0 Å². The van der Waals surface area contributed by atoms with Crippen LogP contribution in [0.4, 0.5) is 0 Å². The van der Waals surface area contributed by atoms with Crippen LogP contribution >= 0.6 is 11.6 Å². The molecule has 1 aromatic rings. The first-order chi connectivity index (χ1) is 7.10. The standard InChI is InChI=1S/C10H13ClN2O2/c1-6-4-7(11)5-8(9(6)15-3)10(14)13-12-2/h4-5,12H,1-3H3,(H,13,14). The zero-order valence-corrected chi connectivity index (χ0v) is 9.61. The minimum atomic E-state index is -0.278. The van der Waals surface area contributed by atoms with Gasteiger partial charge in [-0.2, -0.15) is 0 Å². The number of ether oxygens (including phenoxy) is 1. The second-order valence-corrected chi connectivity index (χ2v) is 3.44. The molecule has 1 amide bonds. The summed E-state index contributed by atoms with van der Waals surface area (Å²) in [5.74, 6) is 0.257. The Morgan fingerprint density at radius 3 is 2.67 bits per heavy atom. The highest BCUT2D eigenvalue weighted by Crippen LogP contribution is 2.27. The Kier molecular flexibility index (Phi) is 3.94. The van der Waals surface area contributed by atoms with E-state index in [1.165, 1.54) is 7.11 Å². The molecule has 0 aliphatic rings. The number of carbonyl (C=O) groups is 1. The normalized spacial score (nSPS) is 9.87. The van der Waals surface area contributed by atoms with E-state index in [-0.39, 0.29) is 5.91 Å². The number of hydrogen-bond donors (Lipinski definition) is 2. The van der Waals surface area contributed by atoms with Gasteiger partial charge in [-0.15, -0.1) is 0 Å². The minimum Gasteiger partial charge on any atom is -0.496 e. The van der Waals surface area contributed by atoms with Crippen LogP contribution in [-0.2, 0) is 0 Å². The number of benzene rings is 1. The molecule has 1 rings (SSSR count). The molecule has 0 saturated heterocycles. The van der Waals surface area contributed by atoms with E-state index in [1.54, 1.807) is 19.2 Å². The Bertz CT molecular complexity index is 380. The average molecular weight is 229 g/mol. The van der Waals surface area contributed by atoms with Crippen molar-refractivity contribution in [2.24, 2.45) is 0 Å². The molecular formula is C10H13ClN2O2. The Morgan fingerprint density at radius 1 is 1.47 bits per heavy atom. The molecule has 0 fully saturated rings. The van der Waals surface area contributed by atoms with Crippen molar-refractivity contribution >= 4 is 17.5 Å². The molecule has 5 heteroatoms. The van der Waals surface area contributed by atoms with Crippen molar-refractivity contribution in [1.82, 2.24) is 10.9 Å². The Hall–Kier alpha value is -1.26. The van der Waals surface area contributed by atoms with Gasteiger partial charge in [0.2, 0.25) is 0 Å². The lowest BCUT2D eigenvalue weighted by atomic mass is 10.1. The third kappa shape index (κ3) is 2.61. The topological polar surface area (TPSA) is 50.4 Å². The van der Waals surface area contributed by atoms with Crippen LogP contribution < -0.4 is 15.6 Å². The quantitative estimate of drug-likeness (QED) is 0.772. The van der Waals surface area contributed by atoms with Gasteiger partial charge in [-0.05, 0) is 24.6 Å². The fourth-order valence-electron chi connectivity index (χ4n) is 1.35. The Balaban J connectivity index is 3.20. The lowest BCUT2D eigenvalue weighted by molar-refractivity contribution is 0.0935. The largest absolute Gasteiger partial charge is 0.496 e. The van der Waals surface area contributed by atoms with Crippen molar-refractivity contribution in [2.75, 3.05) is 14.2 Å². The van der Waals surface area contributed by atoms with E-state index >= 15 is 0 Å². The zero-order chi connectivity index (χ0) is 11.4. The number of rotatable bonds is 3. The molecule has 2 N–H and O–H groups in total. The van der Waals surface area contributed by atoms with Gasteiger partial charge in [0.05, 0.1) is 12.7 Å². The molecule has 0 bridgehead atoms. The summed E-state index contributed by atoms with van der Waals surface area (Å²) >= 11 is 5.87. The summed E-state index contributed by atoms with van der Waals surface area (Å²) in [7, 11) is 3.13. The van der Waals surface area contributed by atoms with E-state index in [1.807, 2.05) is 6.92 Å². The van der Waals surface area contributed by atoms with Gasteiger partial charge in [0, 0.05) is 12.1 Å². The number of aryl methyl sites for hydroxylation is 1. The monoisotopic (exact) mass is 228 g/mol. The van der Waals surface area contributed by atoms with Gasteiger partial charge in [0.15, 0.2) is 0 Å². The van der Waals surface area contributed by atoms with Gasteiger partial charge >= 0.3 is 0 Å². The van der Waals surface area contributed by atoms with Crippen molar-refractivity contribution in [3.05, 3.63) is 28.3 Å². The number of methoxy groups -OCH3 is 1. The van der Waals surface area contributed by atoms with Crippen LogP contribution in [0.3, 0.4) is 0 Å². The molecule has 4 nitrogen and oxygen atoms in total. The molecule has 0 heterocycles. The molecule has 0 aliphatic carbocycles. The van der Waals surface area contributed by atoms with E-state index in [0.717, 1.165) is 5.56 Å². The summed E-state index contributed by atoms with van der Waals surface area (Å²) in [6, 6.07) is 3.32. The van der Waals surface area contributed by atoms with Crippen LogP contribution in [0.2, 0.25) is 5.02 Å². The van der Waals surface area contributed by atoms with Crippen molar-refractivity contribution in [1.29, 1.82) is 0 Å². The molecule has 82 valence electrons. The first-order valence-electron chi connectivity index (χ1n) is 4.41. The molecule has 0 radical (unpaired) electrons. The first-order valence-corrected chi connectivity index (χ1v) is 4.79. The molecule has 1 aromatic carbocycles. The van der Waals surface area contributed by atoms with E-state index in [9.17, 15) is 4.79 Å². The molecule has 0 saturated carbocycles. The van der Waals surface area contributed by atoms with E-state index in [4.69, 9.17) is 16.3 Å². The number of hydrogen-bond acceptors (Lipinski definition) is 3. The summed E-state index contributed by atoms with van der Waals surface area (Å²) in [6.45, 7) is 1.83. The maximum atomic E-state index is 11.6.